The molecule has 2 heterocycles. The molecule has 11 rings (SSSR count). The number of benzene rings is 9. The van der Waals surface area contributed by atoms with Crippen molar-refractivity contribution in [1.29, 1.82) is 0 Å². The molecule has 4 heteroatoms. The van der Waals surface area contributed by atoms with E-state index in [-0.39, 0.29) is 0 Å². The predicted molar refractivity (Wildman–Crippen MR) is 240 cm³/mol. The van der Waals surface area contributed by atoms with Gasteiger partial charge >= 0.3 is 0 Å². The third-order valence-electron chi connectivity index (χ3n) is 11.1. The summed E-state index contributed by atoms with van der Waals surface area (Å²) in [5.74, 6) is 1.90. The van der Waals surface area contributed by atoms with Crippen molar-refractivity contribution in [3.05, 3.63) is 206 Å². The van der Waals surface area contributed by atoms with Gasteiger partial charge in [0.15, 0.2) is 17.5 Å². The third kappa shape index (κ3) is 5.87. The van der Waals surface area contributed by atoms with Crippen LogP contribution in [0.15, 0.2) is 206 Å². The van der Waals surface area contributed by atoms with Crippen LogP contribution in [-0.2, 0) is 0 Å². The molecule has 9 aromatic carbocycles. The van der Waals surface area contributed by atoms with E-state index in [4.69, 9.17) is 19.9 Å². The highest BCUT2D eigenvalue weighted by Crippen LogP contribution is 2.43. The Morgan fingerprint density at radius 2 is 0.655 bits per heavy atom. The summed E-state index contributed by atoms with van der Waals surface area (Å²) < 4.78 is 0. The zero-order chi connectivity index (χ0) is 38.4. The largest absolute Gasteiger partial charge is 0.247 e. The van der Waals surface area contributed by atoms with Crippen LogP contribution in [0.4, 0.5) is 0 Å². The third-order valence-corrected chi connectivity index (χ3v) is 11.1. The number of hydrogen-bond acceptors (Lipinski definition) is 4. The summed E-state index contributed by atoms with van der Waals surface area (Å²) in [6, 6.07) is 72.4. The first-order valence-electron chi connectivity index (χ1n) is 19.6. The van der Waals surface area contributed by atoms with E-state index < -0.39 is 0 Å². The molecule has 4 nitrogen and oxygen atoms in total. The number of fused-ring (bicyclic) bond motifs is 5. The summed E-state index contributed by atoms with van der Waals surface area (Å²) in [6.07, 6.45) is 0. The monoisotopic (exact) mass is 738 g/mol. The van der Waals surface area contributed by atoms with E-state index in [1.54, 1.807) is 0 Å². The molecule has 0 saturated heterocycles. The molecule has 0 N–H and O–H groups in total. The Morgan fingerprint density at radius 3 is 1.21 bits per heavy atom. The lowest BCUT2D eigenvalue weighted by molar-refractivity contribution is 1.07. The van der Waals surface area contributed by atoms with Crippen LogP contribution in [0.25, 0.3) is 111 Å². The maximum Gasteiger partial charge on any atom is 0.164 e. The van der Waals surface area contributed by atoms with Crippen molar-refractivity contribution in [2.75, 3.05) is 0 Å². The highest BCUT2D eigenvalue weighted by molar-refractivity contribution is 6.19. The molecule has 0 atom stereocenters. The van der Waals surface area contributed by atoms with Crippen LogP contribution in [0.3, 0.4) is 0 Å². The van der Waals surface area contributed by atoms with Gasteiger partial charge in [-0.1, -0.05) is 194 Å². The summed E-state index contributed by atoms with van der Waals surface area (Å²) >= 11 is 0. The average Bonchev–Trinajstić information content (AvgIpc) is 3.31. The maximum atomic E-state index is 5.51. The molecule has 11 aromatic rings. The van der Waals surface area contributed by atoms with E-state index >= 15 is 0 Å². The minimum atomic E-state index is 0.620. The molecular weight excluding hydrogens is 705 g/mol. The van der Waals surface area contributed by atoms with Gasteiger partial charge in [0, 0.05) is 33.0 Å². The molecule has 0 saturated carbocycles. The molecule has 0 spiro atoms. The standard InChI is InChI=1S/C54H34N4/c1-3-17-38(18-4-1)52-56-53(39-19-5-2-6-20-39)58-54(57-52)40-31-29-37(30-32-40)50-34-48(44-28-14-22-36-16-8-10-24-42(36)44)49-33-47(45-25-11-12-26-46(45)51(49)55-50)43-27-13-21-35-15-7-9-23-41(35)43/h1-34H. The van der Waals surface area contributed by atoms with Gasteiger partial charge in [-0.2, -0.15) is 0 Å². The smallest absolute Gasteiger partial charge is 0.164 e. The van der Waals surface area contributed by atoms with Crippen molar-refractivity contribution in [3.8, 4) is 67.7 Å². The minimum Gasteiger partial charge on any atom is -0.247 e. The Balaban J connectivity index is 1.12. The Kier molecular flexibility index (Phi) is 8.11. The molecule has 0 bridgehead atoms. The predicted octanol–water partition coefficient (Wildman–Crippen LogP) is 13.9. The number of rotatable bonds is 6. The topological polar surface area (TPSA) is 51.6 Å². The van der Waals surface area contributed by atoms with Gasteiger partial charge < -0.3 is 0 Å². The first kappa shape index (κ1) is 33.5. The van der Waals surface area contributed by atoms with Gasteiger partial charge in [-0.05, 0) is 61.3 Å². The quantitative estimate of drug-likeness (QED) is 0.159. The van der Waals surface area contributed by atoms with E-state index in [0.29, 0.717) is 17.5 Å². The zero-order valence-corrected chi connectivity index (χ0v) is 31.4. The fourth-order valence-electron chi connectivity index (χ4n) is 8.29. The normalized spacial score (nSPS) is 11.4. The molecule has 2 aromatic heterocycles. The SMILES string of the molecule is c1ccc(-c2nc(-c3ccccc3)nc(-c3ccc(-c4cc(-c5cccc6ccccc56)c5cc(-c6cccc7ccccc67)c6ccccc6c5n4)cc3)n2)cc1. The van der Waals surface area contributed by atoms with E-state index in [9.17, 15) is 0 Å². The van der Waals surface area contributed by atoms with Crippen LogP contribution in [-0.4, -0.2) is 19.9 Å². The Labute approximate surface area is 335 Å². The molecule has 58 heavy (non-hydrogen) atoms. The van der Waals surface area contributed by atoms with E-state index in [1.165, 1.54) is 43.6 Å². The van der Waals surface area contributed by atoms with Crippen molar-refractivity contribution in [3.63, 3.8) is 0 Å². The van der Waals surface area contributed by atoms with Crippen LogP contribution >= 0.6 is 0 Å². The Morgan fingerprint density at radius 1 is 0.241 bits per heavy atom. The maximum absolute atomic E-state index is 5.51. The van der Waals surface area contributed by atoms with E-state index in [1.807, 2.05) is 60.7 Å². The van der Waals surface area contributed by atoms with Gasteiger partial charge in [-0.3, -0.25) is 0 Å². The lowest BCUT2D eigenvalue weighted by Gasteiger charge is -2.17. The first-order valence-corrected chi connectivity index (χ1v) is 19.6. The molecule has 0 unspecified atom stereocenters. The number of nitrogens with zero attached hydrogens (tertiary/aromatic N) is 4. The summed E-state index contributed by atoms with van der Waals surface area (Å²) in [5.41, 5.74) is 10.4. The second-order valence-corrected chi connectivity index (χ2v) is 14.6. The highest BCUT2D eigenvalue weighted by Gasteiger charge is 2.19. The first-order chi connectivity index (χ1) is 28.7. The fourth-order valence-corrected chi connectivity index (χ4v) is 8.29. The van der Waals surface area contributed by atoms with Crippen molar-refractivity contribution in [2.45, 2.75) is 0 Å². The second-order valence-electron chi connectivity index (χ2n) is 14.6. The number of hydrogen-bond donors (Lipinski definition) is 0. The van der Waals surface area contributed by atoms with E-state index in [0.717, 1.165) is 49.8 Å². The highest BCUT2D eigenvalue weighted by atomic mass is 15.0. The lowest BCUT2D eigenvalue weighted by atomic mass is 9.88. The van der Waals surface area contributed by atoms with Crippen molar-refractivity contribution in [2.24, 2.45) is 0 Å². The molecule has 0 aliphatic rings. The van der Waals surface area contributed by atoms with Crippen molar-refractivity contribution < 1.29 is 0 Å². The lowest BCUT2D eigenvalue weighted by Crippen LogP contribution is -2.00. The Bertz CT molecular complexity index is 3250. The van der Waals surface area contributed by atoms with Crippen LogP contribution in [0, 0.1) is 0 Å². The van der Waals surface area contributed by atoms with Crippen LogP contribution in [0.1, 0.15) is 0 Å². The van der Waals surface area contributed by atoms with Gasteiger partial charge in [-0.25, -0.2) is 19.9 Å². The van der Waals surface area contributed by atoms with Crippen LogP contribution in [0.2, 0.25) is 0 Å². The minimum absolute atomic E-state index is 0.620. The van der Waals surface area contributed by atoms with Gasteiger partial charge in [0.05, 0.1) is 11.2 Å². The molecule has 270 valence electrons. The molecule has 0 amide bonds. The summed E-state index contributed by atoms with van der Waals surface area (Å²) in [6.45, 7) is 0. The molecule has 0 radical (unpaired) electrons. The molecule has 0 fully saturated rings. The van der Waals surface area contributed by atoms with Gasteiger partial charge in [0.2, 0.25) is 0 Å². The van der Waals surface area contributed by atoms with E-state index in [2.05, 4.69) is 146 Å². The average molecular weight is 739 g/mol. The van der Waals surface area contributed by atoms with Gasteiger partial charge in [-0.15, -0.1) is 0 Å². The van der Waals surface area contributed by atoms with Crippen molar-refractivity contribution in [1.82, 2.24) is 19.9 Å². The van der Waals surface area contributed by atoms with Gasteiger partial charge in [0.1, 0.15) is 0 Å². The summed E-state index contributed by atoms with van der Waals surface area (Å²) in [4.78, 5) is 20.3. The fraction of sp³-hybridized carbons (Fsp3) is 0. The van der Waals surface area contributed by atoms with Crippen LogP contribution in [0.5, 0.6) is 0 Å². The van der Waals surface area contributed by atoms with Crippen molar-refractivity contribution >= 4 is 43.2 Å². The Hall–Kier alpha value is -7.82. The molecule has 0 aliphatic carbocycles. The summed E-state index contributed by atoms with van der Waals surface area (Å²) in [7, 11) is 0. The summed E-state index contributed by atoms with van der Waals surface area (Å²) in [5, 5.41) is 8.27. The second kappa shape index (κ2) is 14.0. The molecule has 0 aliphatic heterocycles. The number of pyridine rings is 1. The number of aromatic nitrogens is 4. The van der Waals surface area contributed by atoms with Crippen LogP contribution < -0.4 is 0 Å². The molecular formula is C54H34N4. The zero-order valence-electron chi connectivity index (χ0n) is 31.4. The van der Waals surface area contributed by atoms with Gasteiger partial charge in [0.25, 0.3) is 0 Å².